The summed E-state index contributed by atoms with van der Waals surface area (Å²) >= 11 is 7.59. The van der Waals surface area contributed by atoms with Gasteiger partial charge in [-0.05, 0) is 78.2 Å². The number of hydrazone groups is 1. The molecule has 1 amide bonds. The first-order chi connectivity index (χ1) is 15.4. The highest BCUT2D eigenvalue weighted by Gasteiger charge is 2.08. The first kappa shape index (κ1) is 23.8. The van der Waals surface area contributed by atoms with E-state index in [0.29, 0.717) is 28.3 Å². The van der Waals surface area contributed by atoms with Gasteiger partial charge in [0.05, 0.1) is 5.71 Å². The van der Waals surface area contributed by atoms with Gasteiger partial charge in [-0.25, -0.2) is 5.43 Å². The molecule has 8 heteroatoms. The van der Waals surface area contributed by atoms with Crippen molar-refractivity contribution in [3.05, 3.63) is 94.5 Å². The zero-order valence-electron chi connectivity index (χ0n) is 17.2. The fraction of sp³-hybridized carbons (Fsp3) is 0.167. The maximum Gasteiger partial charge on any atom is 0.387 e. The number of carbonyl (C=O) groups is 1. The Hall–Kier alpha value is -2.90. The second-order valence-electron chi connectivity index (χ2n) is 6.70. The maximum atomic E-state index is 12.5. The molecule has 0 atom stereocenters. The van der Waals surface area contributed by atoms with E-state index in [1.807, 2.05) is 43.3 Å². The number of carbonyl (C=O) groups excluding carboxylic acids is 1. The van der Waals surface area contributed by atoms with Gasteiger partial charge < -0.3 is 4.74 Å². The molecule has 0 bridgehead atoms. The van der Waals surface area contributed by atoms with Crippen molar-refractivity contribution in [3.63, 3.8) is 0 Å². The molecular formula is C24H21ClF2N2O2S. The van der Waals surface area contributed by atoms with Crippen LogP contribution in [0.15, 0.2) is 82.8 Å². The van der Waals surface area contributed by atoms with Crippen LogP contribution in [0.5, 0.6) is 5.75 Å². The van der Waals surface area contributed by atoms with Gasteiger partial charge in [0, 0.05) is 21.2 Å². The first-order valence-electron chi connectivity index (χ1n) is 9.84. The molecule has 0 radical (unpaired) electrons. The van der Waals surface area contributed by atoms with Crippen molar-refractivity contribution in [2.45, 2.75) is 30.6 Å². The molecule has 0 heterocycles. The topological polar surface area (TPSA) is 50.7 Å². The minimum Gasteiger partial charge on any atom is -0.435 e. The van der Waals surface area contributed by atoms with Crippen LogP contribution in [0.2, 0.25) is 5.02 Å². The lowest BCUT2D eigenvalue weighted by molar-refractivity contribution is -0.0498. The Bertz CT molecular complexity index is 1060. The quantitative estimate of drug-likeness (QED) is 0.211. The Morgan fingerprint density at radius 1 is 1.00 bits per heavy atom. The van der Waals surface area contributed by atoms with Gasteiger partial charge in [-0.2, -0.15) is 13.9 Å². The Kier molecular flexibility index (Phi) is 8.64. The molecule has 0 spiro atoms. The lowest BCUT2D eigenvalue weighted by atomic mass is 10.1. The largest absolute Gasteiger partial charge is 0.435 e. The van der Waals surface area contributed by atoms with E-state index >= 15 is 0 Å². The number of thioether (sulfide) groups is 1. The number of rotatable bonds is 9. The van der Waals surface area contributed by atoms with Crippen molar-refractivity contribution < 1.29 is 18.3 Å². The third-order valence-electron chi connectivity index (χ3n) is 4.48. The number of nitrogens with one attached hydrogen (secondary N) is 1. The van der Waals surface area contributed by atoms with Crippen LogP contribution in [0, 0.1) is 0 Å². The predicted molar refractivity (Wildman–Crippen MR) is 125 cm³/mol. The molecule has 1 N–H and O–H groups in total. The Balaban J connectivity index is 1.57. The number of ether oxygens (including phenoxy) is 1. The lowest BCUT2D eigenvalue weighted by Crippen LogP contribution is -2.20. The lowest BCUT2D eigenvalue weighted by Gasteiger charge is -2.08. The van der Waals surface area contributed by atoms with Crippen LogP contribution in [0.3, 0.4) is 0 Å². The van der Waals surface area contributed by atoms with E-state index in [9.17, 15) is 13.6 Å². The minimum absolute atomic E-state index is 0.0672. The molecule has 4 nitrogen and oxygen atoms in total. The van der Waals surface area contributed by atoms with E-state index in [0.717, 1.165) is 16.2 Å². The summed E-state index contributed by atoms with van der Waals surface area (Å²) in [7, 11) is 0. The number of halogens is 3. The normalized spacial score (nSPS) is 11.5. The zero-order valence-corrected chi connectivity index (χ0v) is 18.8. The van der Waals surface area contributed by atoms with Gasteiger partial charge in [-0.15, -0.1) is 11.8 Å². The zero-order chi connectivity index (χ0) is 22.9. The number of hydrogen-bond donors (Lipinski definition) is 1. The number of benzene rings is 3. The molecule has 3 rings (SSSR count). The average molecular weight is 475 g/mol. The molecule has 0 aliphatic heterocycles. The minimum atomic E-state index is -2.87. The predicted octanol–water partition coefficient (Wildman–Crippen LogP) is 6.78. The van der Waals surface area contributed by atoms with Crippen LogP contribution in [0.4, 0.5) is 8.78 Å². The smallest absolute Gasteiger partial charge is 0.387 e. The summed E-state index contributed by atoms with van der Waals surface area (Å²) in [5, 5.41) is 4.90. The van der Waals surface area contributed by atoms with Gasteiger partial charge in [0.2, 0.25) is 0 Å². The van der Waals surface area contributed by atoms with Crippen molar-refractivity contribution >= 4 is 35.0 Å². The van der Waals surface area contributed by atoms with E-state index in [1.54, 1.807) is 36.0 Å². The molecular weight excluding hydrogens is 454 g/mol. The van der Waals surface area contributed by atoms with E-state index in [4.69, 9.17) is 11.6 Å². The molecule has 0 saturated carbocycles. The van der Waals surface area contributed by atoms with Crippen molar-refractivity contribution in [1.29, 1.82) is 0 Å². The van der Waals surface area contributed by atoms with Crippen LogP contribution < -0.4 is 10.2 Å². The molecule has 0 aromatic heterocycles. The van der Waals surface area contributed by atoms with E-state index in [1.165, 1.54) is 12.1 Å². The third kappa shape index (κ3) is 7.07. The number of amides is 1. The molecule has 3 aromatic rings. The second-order valence-corrected chi connectivity index (χ2v) is 8.18. The van der Waals surface area contributed by atoms with E-state index in [-0.39, 0.29) is 11.7 Å². The summed E-state index contributed by atoms with van der Waals surface area (Å²) in [4.78, 5) is 13.6. The highest BCUT2D eigenvalue weighted by atomic mass is 35.5. The van der Waals surface area contributed by atoms with Crippen LogP contribution in [-0.2, 0) is 5.75 Å². The number of alkyl halides is 2. The Morgan fingerprint density at radius 2 is 1.62 bits per heavy atom. The fourth-order valence-corrected chi connectivity index (χ4v) is 3.79. The van der Waals surface area contributed by atoms with Crippen molar-refractivity contribution in [2.24, 2.45) is 5.10 Å². The van der Waals surface area contributed by atoms with Gasteiger partial charge in [-0.1, -0.05) is 30.7 Å². The average Bonchev–Trinajstić information content (AvgIpc) is 2.80. The molecule has 0 unspecified atom stereocenters. The van der Waals surface area contributed by atoms with Crippen LogP contribution in [-0.4, -0.2) is 18.2 Å². The SMILES string of the molecule is CCC(=NNC(=O)c1ccc(CSc2ccc(Cl)cc2)cc1)c1ccc(OC(F)F)cc1. The summed E-state index contributed by atoms with van der Waals surface area (Å²) in [6, 6.07) is 21.1. The molecule has 32 heavy (non-hydrogen) atoms. The van der Waals surface area contributed by atoms with Crippen molar-refractivity contribution in [3.8, 4) is 5.75 Å². The van der Waals surface area contributed by atoms with Gasteiger partial charge in [0.1, 0.15) is 5.75 Å². The van der Waals surface area contributed by atoms with Crippen LogP contribution in [0.25, 0.3) is 0 Å². The summed E-state index contributed by atoms with van der Waals surface area (Å²) in [6.07, 6.45) is 0.552. The second kappa shape index (κ2) is 11.6. The van der Waals surface area contributed by atoms with Crippen molar-refractivity contribution in [2.75, 3.05) is 0 Å². The van der Waals surface area contributed by atoms with E-state index in [2.05, 4.69) is 15.3 Å². The molecule has 0 saturated heterocycles. The Labute approximate surface area is 194 Å². The number of hydrogen-bond acceptors (Lipinski definition) is 4. The molecule has 3 aromatic carbocycles. The summed E-state index contributed by atoms with van der Waals surface area (Å²) < 4.78 is 28.9. The summed E-state index contributed by atoms with van der Waals surface area (Å²) in [6.45, 7) is -0.983. The molecule has 166 valence electrons. The maximum absolute atomic E-state index is 12.5. The molecule has 0 aliphatic rings. The Morgan fingerprint density at radius 3 is 2.22 bits per heavy atom. The fourth-order valence-electron chi connectivity index (χ4n) is 2.81. The molecule has 0 aliphatic carbocycles. The highest BCUT2D eigenvalue weighted by Crippen LogP contribution is 2.24. The summed E-state index contributed by atoms with van der Waals surface area (Å²) in [5.74, 6) is 0.510. The van der Waals surface area contributed by atoms with Crippen LogP contribution in [0.1, 0.15) is 34.8 Å². The number of nitrogens with zero attached hydrogens (tertiary/aromatic N) is 1. The van der Waals surface area contributed by atoms with Crippen molar-refractivity contribution in [1.82, 2.24) is 5.43 Å². The monoisotopic (exact) mass is 474 g/mol. The standard InChI is InChI=1S/C24H21ClF2N2O2S/c1-2-22(17-7-11-20(12-8-17)31-24(26)27)28-29-23(30)18-5-3-16(4-6-18)15-32-21-13-9-19(25)10-14-21/h3-14,24H,2,15H2,1H3,(H,29,30). The van der Waals surface area contributed by atoms with Crippen LogP contribution >= 0.6 is 23.4 Å². The van der Waals surface area contributed by atoms with E-state index < -0.39 is 6.61 Å². The summed E-state index contributed by atoms with van der Waals surface area (Å²) in [5.41, 5.74) is 5.47. The van der Waals surface area contributed by atoms with Gasteiger partial charge >= 0.3 is 6.61 Å². The van der Waals surface area contributed by atoms with Gasteiger partial charge in [0.25, 0.3) is 5.91 Å². The third-order valence-corrected chi connectivity index (χ3v) is 5.81. The van der Waals surface area contributed by atoms with Gasteiger partial charge in [0.15, 0.2) is 0 Å². The first-order valence-corrected chi connectivity index (χ1v) is 11.2. The highest BCUT2D eigenvalue weighted by molar-refractivity contribution is 7.98. The van der Waals surface area contributed by atoms with Gasteiger partial charge in [-0.3, -0.25) is 4.79 Å². The molecule has 0 fully saturated rings.